The number of anilines is 1. The van der Waals surface area contributed by atoms with Crippen molar-refractivity contribution in [3.05, 3.63) is 89.2 Å². The maximum atomic E-state index is 14.6. The summed E-state index contributed by atoms with van der Waals surface area (Å²) in [5.41, 5.74) is 7.29. The quantitative estimate of drug-likeness (QED) is 0.449. The number of aliphatic imine (C=N–C) groups is 1. The molecule has 0 spiro atoms. The molecule has 0 unspecified atom stereocenters. The molecule has 2 N–H and O–H groups in total. The van der Waals surface area contributed by atoms with E-state index in [1.54, 1.807) is 35.0 Å². The fraction of sp³-hybridized carbons (Fsp3) is 0.241. The van der Waals surface area contributed by atoms with Crippen LogP contribution >= 0.6 is 0 Å². The van der Waals surface area contributed by atoms with Gasteiger partial charge in [-0.05, 0) is 55.3 Å². The molecule has 0 bridgehead atoms. The Morgan fingerprint density at radius 2 is 2.10 bits per heavy atom. The van der Waals surface area contributed by atoms with Crippen LogP contribution in [0, 0.1) is 19.7 Å². The number of halogens is 1. The van der Waals surface area contributed by atoms with Crippen molar-refractivity contribution in [3.63, 3.8) is 0 Å². The van der Waals surface area contributed by atoms with E-state index in [4.69, 9.17) is 4.74 Å². The Morgan fingerprint density at radius 1 is 1.26 bits per heavy atom. The van der Waals surface area contributed by atoms with Gasteiger partial charge in [-0.1, -0.05) is 5.73 Å². The highest BCUT2D eigenvalue weighted by Crippen LogP contribution is 2.30. The van der Waals surface area contributed by atoms with Crippen LogP contribution in [0.25, 0.3) is 17.5 Å². The van der Waals surface area contributed by atoms with Crippen LogP contribution in [0.1, 0.15) is 27.3 Å². The minimum absolute atomic E-state index is 0.0312. The number of carbonyl (C=O) groups is 1. The summed E-state index contributed by atoms with van der Waals surface area (Å²) in [4.78, 5) is 26.0. The van der Waals surface area contributed by atoms with Crippen LogP contribution < -0.4 is 15.4 Å². The number of nitrogens with zero attached hydrogens (tertiary/aromatic N) is 5. The van der Waals surface area contributed by atoms with Crippen molar-refractivity contribution < 1.29 is 13.9 Å². The second-order valence-corrected chi connectivity index (χ2v) is 9.42. The number of amidine groups is 1. The summed E-state index contributed by atoms with van der Waals surface area (Å²) >= 11 is 0. The summed E-state index contributed by atoms with van der Waals surface area (Å²) in [5, 5.41) is 6.44. The largest absolute Gasteiger partial charge is 0.493 e. The summed E-state index contributed by atoms with van der Waals surface area (Å²) in [7, 11) is 3.26. The first-order valence-electron chi connectivity index (χ1n) is 12.5. The topological polar surface area (TPSA) is 87.0 Å². The van der Waals surface area contributed by atoms with Gasteiger partial charge in [-0.15, -0.1) is 0 Å². The number of hydrogen-bond acceptors (Lipinski definition) is 7. The molecule has 0 saturated heterocycles. The molecule has 3 heterocycles. The van der Waals surface area contributed by atoms with E-state index in [0.29, 0.717) is 40.6 Å². The third-order valence-electron chi connectivity index (χ3n) is 6.70. The molecule has 200 valence electrons. The number of methoxy groups -OCH3 is 1. The lowest BCUT2D eigenvalue weighted by Gasteiger charge is -2.22. The molecule has 39 heavy (non-hydrogen) atoms. The number of nitrogens with one attached hydrogen (secondary N) is 2. The highest BCUT2D eigenvalue weighted by Gasteiger charge is 2.20. The number of carbonyl (C=O) groups excluding carboxylic acids is 1. The van der Waals surface area contributed by atoms with Crippen molar-refractivity contribution in [2.75, 3.05) is 39.2 Å². The van der Waals surface area contributed by atoms with E-state index in [1.807, 2.05) is 50.6 Å². The third kappa shape index (κ3) is 5.28. The van der Waals surface area contributed by atoms with Gasteiger partial charge < -0.3 is 25.2 Å². The zero-order chi connectivity index (χ0) is 27.5. The molecule has 10 heteroatoms. The van der Waals surface area contributed by atoms with Crippen molar-refractivity contribution >= 4 is 23.6 Å². The molecule has 2 aromatic carbocycles. The normalized spacial score (nSPS) is 13.6. The van der Waals surface area contributed by atoms with Crippen LogP contribution in [0.3, 0.4) is 0 Å². The second kappa shape index (κ2) is 10.9. The van der Waals surface area contributed by atoms with Crippen LogP contribution in [0.4, 0.5) is 10.1 Å². The first kappa shape index (κ1) is 25.8. The van der Waals surface area contributed by atoms with E-state index < -0.39 is 5.82 Å². The second-order valence-electron chi connectivity index (χ2n) is 9.42. The van der Waals surface area contributed by atoms with E-state index in [-0.39, 0.29) is 11.7 Å². The number of ether oxygens (including phenoxy) is 1. The molecular formula is C29H30FN7O2. The van der Waals surface area contributed by atoms with Gasteiger partial charge in [0, 0.05) is 49.4 Å². The van der Waals surface area contributed by atoms with Gasteiger partial charge in [-0.2, -0.15) is 0 Å². The minimum Gasteiger partial charge on any atom is -0.493 e. The van der Waals surface area contributed by atoms with E-state index in [1.165, 1.54) is 13.2 Å². The predicted octanol–water partition coefficient (Wildman–Crippen LogP) is 4.18. The first-order chi connectivity index (χ1) is 18.9. The average Bonchev–Trinajstić information content (AvgIpc) is 3.55. The number of likely N-dealkylation sites (N-methyl/N-ethyl adjacent to an activating group) is 1. The molecule has 1 amide bonds. The van der Waals surface area contributed by atoms with Crippen LogP contribution in [-0.4, -0.2) is 65.0 Å². The number of aromatic nitrogens is 2. The predicted molar refractivity (Wildman–Crippen MR) is 150 cm³/mol. The van der Waals surface area contributed by atoms with Crippen molar-refractivity contribution in [1.29, 1.82) is 0 Å². The number of hydrogen-bond donors (Lipinski definition) is 2. The van der Waals surface area contributed by atoms with Crippen LogP contribution in [0.2, 0.25) is 0 Å². The highest BCUT2D eigenvalue weighted by atomic mass is 19.1. The van der Waals surface area contributed by atoms with Crippen LogP contribution in [0.15, 0.2) is 65.9 Å². The average molecular weight is 528 g/mol. The summed E-state index contributed by atoms with van der Waals surface area (Å²) in [5.74, 6) is 0.789. The fourth-order valence-electron chi connectivity index (χ4n) is 4.61. The Hall–Kier alpha value is -4.82. The van der Waals surface area contributed by atoms with E-state index in [9.17, 15) is 9.18 Å². The monoisotopic (exact) mass is 527 g/mol. The van der Waals surface area contributed by atoms with Crippen molar-refractivity contribution in [3.8, 4) is 17.0 Å². The molecule has 3 aromatic rings. The van der Waals surface area contributed by atoms with Gasteiger partial charge in [0.05, 0.1) is 38.1 Å². The standard InChI is InChI=1S/C29H30FN7O2/c1-19-15-22(6-7-23(19)29(38)35(3)12-13-36-11-9-31-18-36)34-27-28-33-17-25(37(28)10-5-8-32-27)21-14-20(2)26(39-4)24(30)16-21/h6-11,14-17,31H,12-13,18H2,1-4H3,(H,32,34). The highest BCUT2D eigenvalue weighted by molar-refractivity contribution is 6.07. The summed E-state index contributed by atoms with van der Waals surface area (Å²) < 4.78 is 21.6. The van der Waals surface area contributed by atoms with Gasteiger partial charge in [-0.3, -0.25) is 9.36 Å². The van der Waals surface area contributed by atoms with Gasteiger partial charge in [0.25, 0.3) is 5.91 Å². The maximum absolute atomic E-state index is 14.6. The van der Waals surface area contributed by atoms with Crippen LogP contribution in [-0.2, 0) is 0 Å². The fourth-order valence-corrected chi connectivity index (χ4v) is 4.61. The lowest BCUT2D eigenvalue weighted by atomic mass is 10.1. The molecule has 0 atom stereocenters. The minimum atomic E-state index is -0.441. The number of rotatable bonds is 7. The first-order valence-corrected chi connectivity index (χ1v) is 12.5. The lowest BCUT2D eigenvalue weighted by Crippen LogP contribution is -2.35. The van der Waals surface area contributed by atoms with Gasteiger partial charge in [0.15, 0.2) is 23.2 Å². The van der Waals surface area contributed by atoms with E-state index in [0.717, 1.165) is 24.5 Å². The number of amides is 1. The van der Waals surface area contributed by atoms with Crippen LogP contribution in [0.5, 0.6) is 5.75 Å². The van der Waals surface area contributed by atoms with Crippen molar-refractivity contribution in [1.82, 2.24) is 24.7 Å². The number of imidazole rings is 1. The molecule has 5 rings (SSSR count). The SMILES string of the molecule is COc1c(C)cc(-c2cnc3n2C=C=CN=C3Nc2ccc(C(=O)N(C)CCN3C=CNC3)c(C)c2)cc1F. The summed E-state index contributed by atoms with van der Waals surface area (Å²) in [6, 6.07) is 8.86. The lowest BCUT2D eigenvalue weighted by molar-refractivity contribution is 0.0785. The van der Waals surface area contributed by atoms with Gasteiger partial charge in [0.2, 0.25) is 0 Å². The number of benzene rings is 2. The Morgan fingerprint density at radius 3 is 2.82 bits per heavy atom. The number of fused-ring (bicyclic) bond motifs is 1. The molecular weight excluding hydrogens is 497 g/mol. The molecule has 9 nitrogen and oxygen atoms in total. The molecule has 2 aliphatic rings. The number of aryl methyl sites for hydroxylation is 2. The Bertz CT molecular complexity index is 1530. The molecule has 0 aliphatic carbocycles. The Labute approximate surface area is 226 Å². The molecule has 1 aromatic heterocycles. The van der Waals surface area contributed by atoms with Gasteiger partial charge >= 0.3 is 0 Å². The zero-order valence-electron chi connectivity index (χ0n) is 22.3. The molecule has 0 saturated carbocycles. The Balaban J connectivity index is 1.35. The smallest absolute Gasteiger partial charge is 0.253 e. The molecule has 0 fully saturated rings. The molecule has 0 radical (unpaired) electrons. The maximum Gasteiger partial charge on any atom is 0.253 e. The van der Waals surface area contributed by atoms with E-state index >= 15 is 0 Å². The molecule has 2 aliphatic heterocycles. The van der Waals surface area contributed by atoms with E-state index in [2.05, 4.69) is 31.2 Å². The van der Waals surface area contributed by atoms with Crippen molar-refractivity contribution in [2.45, 2.75) is 13.8 Å². The van der Waals surface area contributed by atoms with Gasteiger partial charge in [0.1, 0.15) is 0 Å². The third-order valence-corrected chi connectivity index (χ3v) is 6.70. The zero-order valence-corrected chi connectivity index (χ0v) is 22.3. The summed E-state index contributed by atoms with van der Waals surface area (Å²) in [6.45, 7) is 5.83. The van der Waals surface area contributed by atoms with Crippen molar-refractivity contribution in [2.24, 2.45) is 4.99 Å². The van der Waals surface area contributed by atoms with Gasteiger partial charge in [-0.25, -0.2) is 14.4 Å². The summed E-state index contributed by atoms with van der Waals surface area (Å²) in [6.07, 6.45) is 8.81. The Kier molecular flexibility index (Phi) is 7.21.